The van der Waals surface area contributed by atoms with E-state index in [2.05, 4.69) is 10.1 Å². The third-order valence-corrected chi connectivity index (χ3v) is 2.79. The zero-order valence-electron chi connectivity index (χ0n) is 11.2. The van der Waals surface area contributed by atoms with Gasteiger partial charge in [-0.15, -0.1) is 13.2 Å². The lowest BCUT2D eigenvalue weighted by Gasteiger charge is -2.14. The average molecular weight is 299 g/mol. The number of ether oxygens (including phenoxy) is 1. The number of anilines is 1. The van der Waals surface area contributed by atoms with E-state index in [0.29, 0.717) is 0 Å². The Hall–Kier alpha value is -2.24. The molecule has 2 aromatic rings. The molecule has 0 aliphatic rings. The maximum atomic E-state index is 13.7. The summed E-state index contributed by atoms with van der Waals surface area (Å²) >= 11 is 0. The molecule has 0 aliphatic heterocycles. The Morgan fingerprint density at radius 1 is 1.10 bits per heavy atom. The van der Waals surface area contributed by atoms with Crippen LogP contribution in [0.2, 0.25) is 0 Å². The smallest absolute Gasteiger partial charge is 0.405 e. The monoisotopic (exact) mass is 299 g/mol. The van der Waals surface area contributed by atoms with Gasteiger partial charge in [-0.05, 0) is 30.7 Å². The van der Waals surface area contributed by atoms with Gasteiger partial charge in [-0.25, -0.2) is 4.39 Å². The van der Waals surface area contributed by atoms with Gasteiger partial charge in [0.05, 0.1) is 5.69 Å². The van der Waals surface area contributed by atoms with Crippen molar-refractivity contribution in [3.8, 4) is 5.75 Å². The van der Waals surface area contributed by atoms with Crippen LogP contribution in [0.15, 0.2) is 42.5 Å². The molecule has 0 aliphatic carbocycles. The third-order valence-electron chi connectivity index (χ3n) is 2.79. The van der Waals surface area contributed by atoms with E-state index < -0.39 is 12.2 Å². The highest BCUT2D eigenvalue weighted by Gasteiger charge is 2.31. The normalized spacial score (nSPS) is 11.3. The van der Waals surface area contributed by atoms with Gasteiger partial charge in [-0.2, -0.15) is 0 Å². The first-order valence-corrected chi connectivity index (χ1v) is 6.19. The maximum absolute atomic E-state index is 13.7. The second-order valence-corrected chi connectivity index (χ2v) is 4.49. The number of aryl methyl sites for hydroxylation is 1. The van der Waals surface area contributed by atoms with Crippen molar-refractivity contribution in [2.24, 2.45) is 0 Å². The first-order valence-electron chi connectivity index (χ1n) is 6.19. The summed E-state index contributed by atoms with van der Waals surface area (Å²) < 4.78 is 54.5. The highest BCUT2D eigenvalue weighted by molar-refractivity contribution is 5.47. The van der Waals surface area contributed by atoms with Gasteiger partial charge in [-0.1, -0.05) is 24.3 Å². The second-order valence-electron chi connectivity index (χ2n) is 4.49. The maximum Gasteiger partial charge on any atom is 0.573 e. The summed E-state index contributed by atoms with van der Waals surface area (Å²) in [6, 6.07) is 10.3. The average Bonchev–Trinajstić information content (AvgIpc) is 2.37. The van der Waals surface area contributed by atoms with Gasteiger partial charge in [0.2, 0.25) is 0 Å². The minimum atomic E-state index is -4.76. The van der Waals surface area contributed by atoms with Crippen LogP contribution in [0.1, 0.15) is 11.1 Å². The van der Waals surface area contributed by atoms with E-state index in [1.54, 1.807) is 19.1 Å². The van der Waals surface area contributed by atoms with E-state index in [1.165, 1.54) is 30.3 Å². The lowest BCUT2D eigenvalue weighted by atomic mass is 10.2. The molecule has 0 spiro atoms. The molecular weight excluding hydrogens is 286 g/mol. The van der Waals surface area contributed by atoms with E-state index in [1.807, 2.05) is 0 Å². The number of hydrogen-bond acceptors (Lipinski definition) is 2. The molecule has 2 nitrogen and oxygen atoms in total. The second kappa shape index (κ2) is 6.03. The summed E-state index contributed by atoms with van der Waals surface area (Å²) in [6.07, 6.45) is -4.76. The van der Waals surface area contributed by atoms with Crippen molar-refractivity contribution in [2.75, 3.05) is 5.32 Å². The predicted molar refractivity (Wildman–Crippen MR) is 71.6 cm³/mol. The van der Waals surface area contributed by atoms with Crippen molar-refractivity contribution in [3.63, 3.8) is 0 Å². The number of para-hydroxylation sites is 1. The van der Waals surface area contributed by atoms with Crippen LogP contribution in [-0.2, 0) is 6.54 Å². The van der Waals surface area contributed by atoms with Crippen LogP contribution < -0.4 is 10.1 Å². The van der Waals surface area contributed by atoms with Gasteiger partial charge >= 0.3 is 6.36 Å². The third kappa shape index (κ3) is 4.37. The molecule has 0 radical (unpaired) electrons. The van der Waals surface area contributed by atoms with Crippen LogP contribution in [0.25, 0.3) is 0 Å². The lowest BCUT2D eigenvalue weighted by molar-refractivity contribution is -0.274. The first kappa shape index (κ1) is 15.2. The molecule has 0 fully saturated rings. The number of nitrogens with one attached hydrogen (secondary N) is 1. The zero-order valence-corrected chi connectivity index (χ0v) is 11.2. The number of hydrogen-bond donors (Lipinski definition) is 1. The van der Waals surface area contributed by atoms with E-state index in [0.717, 1.165) is 5.56 Å². The number of halogens is 4. The van der Waals surface area contributed by atoms with Crippen molar-refractivity contribution >= 4 is 5.69 Å². The summed E-state index contributed by atoms with van der Waals surface area (Å²) in [5, 5.41) is 2.76. The molecular formula is C15H13F4NO. The topological polar surface area (TPSA) is 21.3 Å². The molecule has 2 rings (SSSR count). The lowest BCUT2D eigenvalue weighted by Crippen LogP contribution is -2.18. The van der Waals surface area contributed by atoms with Gasteiger partial charge in [0.15, 0.2) is 0 Å². The summed E-state index contributed by atoms with van der Waals surface area (Å²) in [7, 11) is 0. The van der Waals surface area contributed by atoms with Gasteiger partial charge in [-0.3, -0.25) is 0 Å². The predicted octanol–water partition coefficient (Wildman–Crippen LogP) is 4.64. The first-order chi connectivity index (χ1) is 9.85. The molecule has 1 N–H and O–H groups in total. The quantitative estimate of drug-likeness (QED) is 0.830. The van der Waals surface area contributed by atoms with E-state index in [-0.39, 0.29) is 23.5 Å². The van der Waals surface area contributed by atoms with Crippen molar-refractivity contribution in [1.29, 1.82) is 0 Å². The van der Waals surface area contributed by atoms with Crippen LogP contribution in [0.5, 0.6) is 5.75 Å². The molecule has 0 bridgehead atoms. The summed E-state index contributed by atoms with van der Waals surface area (Å²) in [5.74, 6) is -0.755. The minimum Gasteiger partial charge on any atom is -0.405 e. The van der Waals surface area contributed by atoms with Crippen molar-refractivity contribution in [1.82, 2.24) is 0 Å². The van der Waals surface area contributed by atoms with Crippen molar-refractivity contribution < 1.29 is 22.3 Å². The Bertz CT molecular complexity index is 625. The Balaban J connectivity index is 2.13. The molecule has 0 atom stereocenters. The molecule has 0 aromatic heterocycles. The van der Waals surface area contributed by atoms with Crippen molar-refractivity contribution in [2.45, 2.75) is 19.8 Å². The fourth-order valence-electron chi connectivity index (χ4n) is 1.83. The van der Waals surface area contributed by atoms with E-state index >= 15 is 0 Å². The van der Waals surface area contributed by atoms with Gasteiger partial charge in [0.1, 0.15) is 11.6 Å². The molecule has 0 saturated heterocycles. The zero-order chi connectivity index (χ0) is 15.5. The largest absolute Gasteiger partial charge is 0.573 e. The number of rotatable bonds is 4. The standard InChI is InChI=1S/C15H13F4NO/c1-10-6-7-13(12(16)8-10)20-9-11-4-2-3-5-14(11)21-15(17,18)19/h2-8,20H,9H2,1H3. The van der Waals surface area contributed by atoms with Crippen LogP contribution in [-0.4, -0.2) is 6.36 Å². The Labute approximate surface area is 119 Å². The van der Waals surface area contributed by atoms with Crippen LogP contribution >= 0.6 is 0 Å². The van der Waals surface area contributed by atoms with Gasteiger partial charge < -0.3 is 10.1 Å². The van der Waals surface area contributed by atoms with E-state index in [4.69, 9.17) is 0 Å². The molecule has 2 aromatic carbocycles. The molecule has 0 unspecified atom stereocenters. The van der Waals surface area contributed by atoms with Crippen molar-refractivity contribution in [3.05, 3.63) is 59.4 Å². The summed E-state index contributed by atoms with van der Waals surface area (Å²) in [4.78, 5) is 0. The number of benzene rings is 2. The highest BCUT2D eigenvalue weighted by Crippen LogP contribution is 2.27. The molecule has 0 saturated carbocycles. The minimum absolute atomic E-state index is 0.0201. The molecule has 0 amide bonds. The fourth-order valence-corrected chi connectivity index (χ4v) is 1.83. The highest BCUT2D eigenvalue weighted by atomic mass is 19.4. The molecule has 21 heavy (non-hydrogen) atoms. The summed E-state index contributed by atoms with van der Waals surface area (Å²) in [6.45, 7) is 1.77. The SMILES string of the molecule is Cc1ccc(NCc2ccccc2OC(F)(F)F)c(F)c1. The molecule has 112 valence electrons. The molecule has 6 heteroatoms. The van der Waals surface area contributed by atoms with E-state index in [9.17, 15) is 17.6 Å². The Morgan fingerprint density at radius 3 is 2.48 bits per heavy atom. The van der Waals surface area contributed by atoms with Crippen LogP contribution in [0.3, 0.4) is 0 Å². The van der Waals surface area contributed by atoms with Crippen LogP contribution in [0.4, 0.5) is 23.2 Å². The number of alkyl halides is 3. The van der Waals surface area contributed by atoms with Crippen LogP contribution in [0, 0.1) is 12.7 Å². The van der Waals surface area contributed by atoms with Gasteiger partial charge in [0.25, 0.3) is 0 Å². The molecule has 0 heterocycles. The fraction of sp³-hybridized carbons (Fsp3) is 0.200. The summed E-state index contributed by atoms with van der Waals surface area (Å²) in [5.41, 5.74) is 1.27. The van der Waals surface area contributed by atoms with Gasteiger partial charge in [0, 0.05) is 12.1 Å². The Kier molecular flexibility index (Phi) is 4.35. The Morgan fingerprint density at radius 2 is 1.81 bits per heavy atom.